The Morgan fingerprint density at radius 3 is 1.74 bits per heavy atom. The van der Waals surface area contributed by atoms with E-state index >= 15 is 0 Å². The third-order valence-corrected chi connectivity index (χ3v) is 3.05. The molecule has 7 nitrogen and oxygen atoms in total. The van der Waals surface area contributed by atoms with Crippen molar-refractivity contribution in [2.24, 2.45) is 11.3 Å². The zero-order valence-electron chi connectivity index (χ0n) is 10.3. The van der Waals surface area contributed by atoms with Crippen molar-refractivity contribution in [3.05, 3.63) is 0 Å². The van der Waals surface area contributed by atoms with Crippen molar-refractivity contribution in [2.75, 3.05) is 0 Å². The van der Waals surface area contributed by atoms with Gasteiger partial charge in [0.2, 0.25) is 0 Å². The summed E-state index contributed by atoms with van der Waals surface area (Å²) in [6.07, 6.45) is -1.98. The van der Waals surface area contributed by atoms with E-state index in [4.69, 9.17) is 0 Å². The smallest absolute Gasteiger partial charge is 0.549 e. The van der Waals surface area contributed by atoms with E-state index in [1.807, 2.05) is 0 Å². The summed E-state index contributed by atoms with van der Waals surface area (Å²) in [5.74, 6) is -8.31. The summed E-state index contributed by atoms with van der Waals surface area (Å²) in [6, 6.07) is 0. The molecule has 0 bridgehead atoms. The monoisotopic (exact) mass is 294 g/mol. The van der Waals surface area contributed by atoms with Crippen LogP contribution in [0.4, 0.5) is 0 Å². The summed E-state index contributed by atoms with van der Waals surface area (Å²) in [5.41, 5.74) is -2.65. The molecule has 1 rings (SSSR count). The van der Waals surface area contributed by atoms with E-state index in [1.54, 1.807) is 0 Å². The first kappa shape index (κ1) is 18.2. The van der Waals surface area contributed by atoms with Crippen LogP contribution in [-0.4, -0.2) is 67.0 Å². The molecule has 0 unspecified atom stereocenters. The van der Waals surface area contributed by atoms with Crippen LogP contribution in [-0.2, 0) is 24.0 Å². The second-order valence-electron chi connectivity index (χ2n) is 4.20. The Kier molecular flexibility index (Phi) is 6.31. The van der Waals surface area contributed by atoms with Gasteiger partial charge < -0.3 is 19.8 Å². The number of rotatable bonds is 4. The molecule has 98 valence electrons. The summed E-state index contributed by atoms with van der Waals surface area (Å²) in [4.78, 5) is 56.2. The predicted molar refractivity (Wildman–Crippen MR) is 56.2 cm³/mol. The zero-order chi connectivity index (χ0) is 14.1. The van der Waals surface area contributed by atoms with Gasteiger partial charge in [0, 0.05) is 19.3 Å². The molecule has 19 heavy (non-hydrogen) atoms. The second kappa shape index (κ2) is 6.58. The average molecular weight is 294 g/mol. The predicted octanol–water partition coefficient (Wildman–Crippen LogP) is -3.38. The Balaban J connectivity index is 0.00000324. The molecule has 0 aliphatic heterocycles. The first-order chi connectivity index (χ1) is 8.26. The van der Waals surface area contributed by atoms with E-state index in [9.17, 15) is 34.2 Å². The summed E-state index contributed by atoms with van der Waals surface area (Å²) in [6.45, 7) is 1.45. The number of hydrogen-bond acceptors (Lipinski definition) is 7. The maximum atomic E-state index is 11.6. The molecule has 1 saturated carbocycles. The van der Waals surface area contributed by atoms with Crippen molar-refractivity contribution < 1.29 is 34.2 Å². The number of carboxylic acid groups (broad SMARTS) is 2. The third-order valence-electron chi connectivity index (χ3n) is 3.05. The molecular weight excluding hydrogens is 284 g/mol. The van der Waals surface area contributed by atoms with Crippen LogP contribution in [0.3, 0.4) is 0 Å². The fraction of sp³-hybridized carbons (Fsp3) is 0.545. The Morgan fingerprint density at radius 2 is 1.47 bits per heavy atom. The van der Waals surface area contributed by atoms with Crippen LogP contribution in [0.1, 0.15) is 26.2 Å². The van der Waals surface area contributed by atoms with Gasteiger partial charge >= 0.3 is 37.7 Å². The van der Waals surface area contributed by atoms with Gasteiger partial charge in [-0.1, -0.05) is 6.92 Å². The minimum atomic E-state index is -2.65. The molecule has 0 radical (unpaired) electrons. The van der Waals surface area contributed by atoms with Crippen molar-refractivity contribution in [3.63, 3.8) is 0 Å². The number of Topliss-reactive ketones (excluding diaryl/α,β-unsaturated/α-hetero) is 3. The topological polar surface area (TPSA) is 131 Å². The molecular formula is C11H10CaO7. The molecule has 0 aromatic heterocycles. The van der Waals surface area contributed by atoms with Crippen molar-refractivity contribution in [1.82, 2.24) is 0 Å². The Morgan fingerprint density at radius 1 is 1.11 bits per heavy atom. The molecule has 0 heterocycles. The Labute approximate surface area is 138 Å². The molecule has 1 fully saturated rings. The van der Waals surface area contributed by atoms with E-state index in [0.29, 0.717) is 0 Å². The van der Waals surface area contributed by atoms with E-state index in [1.165, 1.54) is 6.92 Å². The molecule has 0 amide bonds. The summed E-state index contributed by atoms with van der Waals surface area (Å²) >= 11 is 0. The van der Waals surface area contributed by atoms with Gasteiger partial charge in [-0.3, -0.25) is 14.4 Å². The molecule has 0 N–H and O–H groups in total. The standard InChI is InChI=1S/C11H12O7.Ca/c1-2-5(12)8-6(13)3-11(9(15)16,10(17)18)4-7(8)14;/h8H,2-4H2,1H3,(H,15,16)(H,17,18);/q;+2/p-2. The molecule has 1 aliphatic carbocycles. The molecule has 0 aromatic rings. The van der Waals surface area contributed by atoms with E-state index in [2.05, 4.69) is 0 Å². The number of aliphatic carboxylic acids is 2. The summed E-state index contributed by atoms with van der Waals surface area (Å²) in [5, 5.41) is 21.7. The fourth-order valence-corrected chi connectivity index (χ4v) is 1.98. The van der Waals surface area contributed by atoms with Crippen molar-refractivity contribution in [1.29, 1.82) is 0 Å². The van der Waals surface area contributed by atoms with Crippen LogP contribution >= 0.6 is 0 Å². The van der Waals surface area contributed by atoms with Crippen LogP contribution in [0, 0.1) is 11.3 Å². The van der Waals surface area contributed by atoms with Crippen molar-refractivity contribution >= 4 is 67.0 Å². The van der Waals surface area contributed by atoms with Crippen LogP contribution in [0.2, 0.25) is 0 Å². The Bertz CT molecular complexity index is 420. The fourth-order valence-electron chi connectivity index (χ4n) is 1.98. The number of ketones is 3. The van der Waals surface area contributed by atoms with E-state index < -0.39 is 53.5 Å². The average Bonchev–Trinajstić information content (AvgIpc) is 2.26. The van der Waals surface area contributed by atoms with Crippen molar-refractivity contribution in [3.8, 4) is 0 Å². The van der Waals surface area contributed by atoms with Crippen molar-refractivity contribution in [2.45, 2.75) is 26.2 Å². The van der Waals surface area contributed by atoms with Crippen LogP contribution in [0.25, 0.3) is 0 Å². The maximum absolute atomic E-state index is 11.6. The Hall–Kier alpha value is -0.790. The number of carbonyl (C=O) groups excluding carboxylic acids is 5. The minimum absolute atomic E-state index is 0. The SMILES string of the molecule is CCC(=O)C1C(=O)CC(C(=O)[O-])(C(=O)[O-])CC1=O.[Ca+2]. The minimum Gasteiger partial charge on any atom is -0.549 e. The molecule has 0 saturated heterocycles. The first-order valence-electron chi connectivity index (χ1n) is 5.27. The van der Waals surface area contributed by atoms with Gasteiger partial charge in [-0.15, -0.1) is 0 Å². The normalized spacial score (nSPS) is 18.6. The number of carbonyl (C=O) groups is 5. The largest absolute Gasteiger partial charge is 2.00 e. The molecule has 0 spiro atoms. The van der Waals surface area contributed by atoms with E-state index in [0.717, 1.165) is 0 Å². The number of carboxylic acids is 2. The van der Waals surface area contributed by atoms with Gasteiger partial charge in [0.1, 0.15) is 5.92 Å². The first-order valence-corrected chi connectivity index (χ1v) is 5.27. The second-order valence-corrected chi connectivity index (χ2v) is 4.20. The van der Waals surface area contributed by atoms with Gasteiger partial charge in [0.15, 0.2) is 17.3 Å². The molecule has 8 heteroatoms. The van der Waals surface area contributed by atoms with Gasteiger partial charge in [-0.25, -0.2) is 0 Å². The maximum Gasteiger partial charge on any atom is 2.00 e. The third kappa shape index (κ3) is 3.21. The van der Waals surface area contributed by atoms with Crippen LogP contribution < -0.4 is 10.2 Å². The number of hydrogen-bond donors (Lipinski definition) is 0. The zero-order valence-corrected chi connectivity index (χ0v) is 12.5. The summed E-state index contributed by atoms with van der Waals surface area (Å²) < 4.78 is 0. The van der Waals surface area contributed by atoms with Crippen LogP contribution in [0.15, 0.2) is 0 Å². The van der Waals surface area contributed by atoms with E-state index in [-0.39, 0.29) is 44.2 Å². The van der Waals surface area contributed by atoms with Gasteiger partial charge in [0.05, 0.1) is 17.4 Å². The van der Waals surface area contributed by atoms with Gasteiger partial charge in [-0.2, -0.15) is 0 Å². The summed E-state index contributed by atoms with van der Waals surface area (Å²) in [7, 11) is 0. The molecule has 0 atom stereocenters. The quantitative estimate of drug-likeness (QED) is 0.390. The van der Waals surface area contributed by atoms with Crippen LogP contribution in [0.5, 0.6) is 0 Å². The molecule has 0 aromatic carbocycles. The van der Waals surface area contributed by atoms with Gasteiger partial charge in [0.25, 0.3) is 0 Å². The molecule has 1 aliphatic rings. The van der Waals surface area contributed by atoms with Gasteiger partial charge in [-0.05, 0) is 0 Å².